The lowest BCUT2D eigenvalue weighted by molar-refractivity contribution is -0.115. The topological polar surface area (TPSA) is 58.6 Å². The zero-order valence-corrected chi connectivity index (χ0v) is 18.7. The molecule has 2 amide bonds. The predicted molar refractivity (Wildman–Crippen MR) is 129 cm³/mol. The monoisotopic (exact) mass is 444 g/mol. The molecule has 5 rings (SSSR count). The molecule has 1 unspecified atom stereocenters. The normalized spacial score (nSPS) is 17.3. The highest BCUT2D eigenvalue weighted by Crippen LogP contribution is 2.43. The Bertz CT molecular complexity index is 1180. The van der Waals surface area contributed by atoms with Gasteiger partial charge in [-0.05, 0) is 72.4 Å². The van der Waals surface area contributed by atoms with Gasteiger partial charge < -0.3 is 10.1 Å². The number of nitrogens with one attached hydrogen (secondary N) is 1. The summed E-state index contributed by atoms with van der Waals surface area (Å²) in [4.78, 5) is 27.3. The van der Waals surface area contributed by atoms with Crippen LogP contribution in [-0.4, -0.2) is 24.7 Å². The van der Waals surface area contributed by atoms with E-state index < -0.39 is 0 Å². The number of carbonyl (C=O) groups excluding carboxylic acids is 2. The molecule has 1 aliphatic carbocycles. The van der Waals surface area contributed by atoms with Crippen LogP contribution in [0.15, 0.2) is 66.7 Å². The lowest BCUT2D eigenvalue weighted by Crippen LogP contribution is -2.27. The summed E-state index contributed by atoms with van der Waals surface area (Å²) in [7, 11) is 1.55. The van der Waals surface area contributed by atoms with Gasteiger partial charge in [-0.2, -0.15) is 0 Å². The Labute approximate surface area is 191 Å². The third-order valence-corrected chi connectivity index (χ3v) is 7.25. The van der Waals surface area contributed by atoms with Crippen LogP contribution in [0.1, 0.15) is 38.8 Å². The lowest BCUT2D eigenvalue weighted by Gasteiger charge is -2.25. The lowest BCUT2D eigenvalue weighted by atomic mass is 10.1. The van der Waals surface area contributed by atoms with Gasteiger partial charge in [0, 0.05) is 11.4 Å². The van der Waals surface area contributed by atoms with Crippen LogP contribution in [0, 0.1) is 0 Å². The molecule has 1 heterocycles. The van der Waals surface area contributed by atoms with Gasteiger partial charge in [-0.3, -0.25) is 14.5 Å². The molecule has 1 fully saturated rings. The second kappa shape index (κ2) is 8.71. The average Bonchev–Trinajstić information content (AvgIpc) is 3.45. The molecule has 0 aromatic heterocycles. The van der Waals surface area contributed by atoms with E-state index in [1.807, 2.05) is 41.3 Å². The Kier molecular flexibility index (Phi) is 5.62. The van der Waals surface area contributed by atoms with Crippen LogP contribution in [0.3, 0.4) is 0 Å². The number of thioether (sulfide) groups is 1. The molecule has 0 radical (unpaired) electrons. The first-order chi connectivity index (χ1) is 15.6. The molecule has 2 aliphatic rings. The maximum absolute atomic E-state index is 12.7. The van der Waals surface area contributed by atoms with E-state index in [9.17, 15) is 9.59 Å². The minimum absolute atomic E-state index is 0.0686. The second-order valence-corrected chi connectivity index (χ2v) is 9.08. The fourth-order valence-corrected chi connectivity index (χ4v) is 5.60. The Hall–Kier alpha value is -3.25. The summed E-state index contributed by atoms with van der Waals surface area (Å²) in [6.45, 7) is 0. The maximum atomic E-state index is 12.7. The van der Waals surface area contributed by atoms with E-state index in [0.717, 1.165) is 24.1 Å². The summed E-state index contributed by atoms with van der Waals surface area (Å²) < 4.78 is 5.28. The Morgan fingerprint density at radius 3 is 2.62 bits per heavy atom. The molecule has 6 heteroatoms. The van der Waals surface area contributed by atoms with Gasteiger partial charge in [0.15, 0.2) is 0 Å². The predicted octanol–water partition coefficient (Wildman–Crippen LogP) is 5.21. The molecule has 1 saturated heterocycles. The first kappa shape index (κ1) is 20.6. The van der Waals surface area contributed by atoms with E-state index in [0.29, 0.717) is 22.8 Å². The van der Waals surface area contributed by atoms with Crippen molar-refractivity contribution in [1.29, 1.82) is 0 Å². The third-order valence-electron chi connectivity index (χ3n) is 6.03. The zero-order valence-electron chi connectivity index (χ0n) is 17.8. The van der Waals surface area contributed by atoms with Crippen molar-refractivity contribution in [3.05, 3.63) is 89.0 Å². The van der Waals surface area contributed by atoms with Crippen LogP contribution in [-0.2, 0) is 17.6 Å². The maximum Gasteiger partial charge on any atom is 0.259 e. The fourth-order valence-electron chi connectivity index (χ4n) is 4.42. The van der Waals surface area contributed by atoms with Gasteiger partial charge in [-0.15, -0.1) is 11.8 Å². The van der Waals surface area contributed by atoms with Crippen molar-refractivity contribution in [2.45, 2.75) is 24.6 Å². The molecule has 162 valence electrons. The summed E-state index contributed by atoms with van der Waals surface area (Å²) in [5.41, 5.74) is 5.96. The summed E-state index contributed by atoms with van der Waals surface area (Å²) >= 11 is 1.63. The van der Waals surface area contributed by atoms with E-state index in [4.69, 9.17) is 4.74 Å². The molecular formula is C26H24N2O3S. The Morgan fingerprint density at radius 2 is 1.81 bits per heavy atom. The van der Waals surface area contributed by atoms with Crippen LogP contribution >= 0.6 is 11.8 Å². The number of methoxy groups -OCH3 is 1. The number of hydrogen-bond donors (Lipinski definition) is 1. The second-order valence-electron chi connectivity index (χ2n) is 8.01. The van der Waals surface area contributed by atoms with Gasteiger partial charge in [0.1, 0.15) is 11.1 Å². The standard InChI is InChI=1S/C26H24N2O3S/c1-31-23-8-3-2-7-22(23)25(30)27-20-12-9-18(10-13-20)26-28(24(29)16-32-26)21-14-11-17-5-4-6-19(17)15-21/h2-3,7-15,26H,4-6,16H2,1H3,(H,27,30). The van der Waals surface area contributed by atoms with Gasteiger partial charge in [0.25, 0.3) is 5.91 Å². The number of anilines is 2. The van der Waals surface area contributed by atoms with Gasteiger partial charge in [-0.1, -0.05) is 30.3 Å². The number of benzene rings is 3. The third kappa shape index (κ3) is 3.86. The number of aryl methyl sites for hydroxylation is 2. The van der Waals surface area contributed by atoms with E-state index in [1.165, 1.54) is 17.5 Å². The first-order valence-corrected chi connectivity index (χ1v) is 11.8. The quantitative estimate of drug-likeness (QED) is 0.587. The molecule has 3 aromatic rings. The minimum atomic E-state index is -0.222. The minimum Gasteiger partial charge on any atom is -0.496 e. The molecule has 1 N–H and O–H groups in total. The number of para-hydroxylation sites is 1. The summed E-state index contributed by atoms with van der Waals surface area (Å²) in [6, 6.07) is 21.3. The number of ether oxygens (including phenoxy) is 1. The van der Waals surface area contributed by atoms with Crippen molar-refractivity contribution >= 4 is 35.0 Å². The molecule has 0 bridgehead atoms. The van der Waals surface area contributed by atoms with Crippen molar-refractivity contribution < 1.29 is 14.3 Å². The number of rotatable bonds is 5. The molecule has 0 saturated carbocycles. The molecule has 1 aliphatic heterocycles. The average molecular weight is 445 g/mol. The van der Waals surface area contributed by atoms with Crippen LogP contribution in [0.25, 0.3) is 0 Å². The largest absolute Gasteiger partial charge is 0.496 e. The fraction of sp³-hybridized carbons (Fsp3) is 0.231. The van der Waals surface area contributed by atoms with E-state index in [1.54, 1.807) is 31.0 Å². The van der Waals surface area contributed by atoms with Crippen molar-refractivity contribution in [1.82, 2.24) is 0 Å². The highest BCUT2D eigenvalue weighted by atomic mass is 32.2. The SMILES string of the molecule is COc1ccccc1C(=O)Nc1ccc(C2SCC(=O)N2c2ccc3c(c2)CCC3)cc1. The van der Waals surface area contributed by atoms with Crippen LogP contribution in [0.4, 0.5) is 11.4 Å². The summed E-state index contributed by atoms with van der Waals surface area (Å²) in [5, 5.41) is 2.86. The van der Waals surface area contributed by atoms with Gasteiger partial charge in [0.05, 0.1) is 18.4 Å². The summed E-state index contributed by atoms with van der Waals surface area (Å²) in [5.74, 6) is 0.910. The Balaban J connectivity index is 1.35. The smallest absolute Gasteiger partial charge is 0.259 e. The van der Waals surface area contributed by atoms with Crippen LogP contribution in [0.2, 0.25) is 0 Å². The molecule has 5 nitrogen and oxygen atoms in total. The van der Waals surface area contributed by atoms with Crippen molar-refractivity contribution in [3.8, 4) is 5.75 Å². The highest BCUT2D eigenvalue weighted by Gasteiger charge is 2.34. The first-order valence-electron chi connectivity index (χ1n) is 10.7. The molecule has 3 aromatic carbocycles. The number of fused-ring (bicyclic) bond motifs is 1. The Morgan fingerprint density at radius 1 is 1.03 bits per heavy atom. The van der Waals surface area contributed by atoms with E-state index >= 15 is 0 Å². The molecule has 0 spiro atoms. The molecular weight excluding hydrogens is 420 g/mol. The van der Waals surface area contributed by atoms with Crippen LogP contribution in [0.5, 0.6) is 5.75 Å². The van der Waals surface area contributed by atoms with Gasteiger partial charge in [0.2, 0.25) is 5.91 Å². The number of nitrogens with zero attached hydrogens (tertiary/aromatic N) is 1. The highest BCUT2D eigenvalue weighted by molar-refractivity contribution is 8.00. The zero-order chi connectivity index (χ0) is 22.1. The molecule has 1 atom stereocenters. The van der Waals surface area contributed by atoms with Gasteiger partial charge in [-0.25, -0.2) is 0 Å². The number of hydrogen-bond acceptors (Lipinski definition) is 4. The number of carbonyl (C=O) groups is 2. The van der Waals surface area contributed by atoms with Crippen molar-refractivity contribution in [2.75, 3.05) is 23.1 Å². The van der Waals surface area contributed by atoms with Crippen molar-refractivity contribution in [3.63, 3.8) is 0 Å². The number of amides is 2. The molecule has 32 heavy (non-hydrogen) atoms. The van der Waals surface area contributed by atoms with E-state index in [-0.39, 0.29) is 17.2 Å². The van der Waals surface area contributed by atoms with Crippen molar-refractivity contribution in [2.24, 2.45) is 0 Å². The van der Waals surface area contributed by atoms with Crippen LogP contribution < -0.4 is 15.0 Å². The van der Waals surface area contributed by atoms with E-state index in [2.05, 4.69) is 23.5 Å². The summed E-state index contributed by atoms with van der Waals surface area (Å²) in [6.07, 6.45) is 3.40. The van der Waals surface area contributed by atoms with Gasteiger partial charge >= 0.3 is 0 Å².